The van der Waals surface area contributed by atoms with Crippen molar-refractivity contribution < 1.29 is 9.84 Å². The first kappa shape index (κ1) is 12.7. The van der Waals surface area contributed by atoms with Crippen molar-refractivity contribution in [1.29, 1.82) is 0 Å². The van der Waals surface area contributed by atoms with Crippen LogP contribution in [0, 0.1) is 0 Å². The van der Waals surface area contributed by atoms with Crippen molar-refractivity contribution in [2.24, 2.45) is 0 Å². The summed E-state index contributed by atoms with van der Waals surface area (Å²) in [5.41, 5.74) is 1.97. The van der Waals surface area contributed by atoms with Gasteiger partial charge in [0.1, 0.15) is 0 Å². The van der Waals surface area contributed by atoms with Crippen LogP contribution in [0.2, 0.25) is 5.02 Å². The summed E-state index contributed by atoms with van der Waals surface area (Å²) in [6.07, 6.45) is 0. The van der Waals surface area contributed by atoms with Crippen LogP contribution in [0.25, 0.3) is 0 Å². The second-order valence-corrected chi connectivity index (χ2v) is 5.75. The van der Waals surface area contributed by atoms with Gasteiger partial charge in [-0.05, 0) is 31.5 Å². The second-order valence-electron chi connectivity index (χ2n) is 5.31. The zero-order valence-corrected chi connectivity index (χ0v) is 11.6. The Labute approximate surface area is 117 Å². The van der Waals surface area contributed by atoms with Gasteiger partial charge in [-0.15, -0.1) is 0 Å². The van der Waals surface area contributed by atoms with Gasteiger partial charge in [-0.25, -0.2) is 0 Å². The average Bonchev–Trinajstić information content (AvgIpc) is 2.59. The highest BCUT2D eigenvalue weighted by Gasteiger charge is 2.48. The minimum atomic E-state index is -1.41. The molecular formula is C16H15ClO2. The highest BCUT2D eigenvalue weighted by Crippen LogP contribution is 2.48. The monoisotopic (exact) mass is 274 g/mol. The zero-order valence-electron chi connectivity index (χ0n) is 10.9. The van der Waals surface area contributed by atoms with Crippen LogP contribution in [0.3, 0.4) is 0 Å². The maximum Gasteiger partial charge on any atom is 0.221 e. The molecule has 1 unspecified atom stereocenters. The van der Waals surface area contributed by atoms with Crippen molar-refractivity contribution >= 4 is 11.6 Å². The molecule has 1 heterocycles. The third-order valence-corrected chi connectivity index (χ3v) is 3.83. The molecule has 0 bridgehead atoms. The van der Waals surface area contributed by atoms with Crippen LogP contribution in [0.1, 0.15) is 30.5 Å². The minimum Gasteiger partial charge on any atom is -0.358 e. The summed E-state index contributed by atoms with van der Waals surface area (Å²) in [6, 6.07) is 14.9. The fraction of sp³-hybridized carbons (Fsp3) is 0.250. The first-order valence-electron chi connectivity index (χ1n) is 6.22. The highest BCUT2D eigenvalue weighted by atomic mass is 35.5. The Morgan fingerprint density at radius 3 is 2.16 bits per heavy atom. The largest absolute Gasteiger partial charge is 0.358 e. The summed E-state index contributed by atoms with van der Waals surface area (Å²) in [5.74, 6) is -1.41. The van der Waals surface area contributed by atoms with Crippen molar-refractivity contribution in [3.63, 3.8) is 0 Å². The number of hydrogen-bond donors (Lipinski definition) is 1. The van der Waals surface area contributed by atoms with E-state index in [-0.39, 0.29) is 0 Å². The molecule has 3 heteroatoms. The van der Waals surface area contributed by atoms with E-state index in [1.807, 2.05) is 38.1 Å². The SMILES string of the molecule is CC1(C)OC(O)(c2ccc(Cl)cc2)c2ccccc21. The van der Waals surface area contributed by atoms with Gasteiger partial charge in [-0.3, -0.25) is 0 Å². The van der Waals surface area contributed by atoms with Crippen LogP contribution in [-0.4, -0.2) is 5.11 Å². The third-order valence-electron chi connectivity index (χ3n) is 3.58. The summed E-state index contributed by atoms with van der Waals surface area (Å²) in [4.78, 5) is 0. The van der Waals surface area contributed by atoms with Crippen molar-refractivity contribution in [3.8, 4) is 0 Å². The summed E-state index contributed by atoms with van der Waals surface area (Å²) < 4.78 is 5.95. The summed E-state index contributed by atoms with van der Waals surface area (Å²) >= 11 is 5.90. The topological polar surface area (TPSA) is 29.5 Å². The molecule has 2 nitrogen and oxygen atoms in total. The molecule has 0 saturated heterocycles. The molecule has 19 heavy (non-hydrogen) atoms. The van der Waals surface area contributed by atoms with E-state index in [0.717, 1.165) is 11.1 Å². The van der Waals surface area contributed by atoms with Crippen molar-refractivity contribution in [2.45, 2.75) is 25.2 Å². The Bertz CT molecular complexity index is 619. The molecule has 1 aliphatic rings. The van der Waals surface area contributed by atoms with E-state index < -0.39 is 11.4 Å². The molecule has 2 aromatic carbocycles. The second kappa shape index (κ2) is 4.07. The van der Waals surface area contributed by atoms with Gasteiger partial charge in [0.25, 0.3) is 0 Å². The Kier molecular flexibility index (Phi) is 2.72. The van der Waals surface area contributed by atoms with Crippen molar-refractivity contribution in [2.75, 3.05) is 0 Å². The van der Waals surface area contributed by atoms with Crippen molar-refractivity contribution in [3.05, 3.63) is 70.2 Å². The molecule has 1 N–H and O–H groups in total. The molecule has 1 aliphatic heterocycles. The molecule has 1 atom stereocenters. The van der Waals surface area contributed by atoms with Crippen LogP contribution < -0.4 is 0 Å². The number of aliphatic hydroxyl groups is 1. The fourth-order valence-corrected chi connectivity index (χ4v) is 2.80. The standard InChI is InChI=1S/C16H15ClO2/c1-15(2)13-5-3-4-6-14(13)16(18,19-15)11-7-9-12(17)10-8-11/h3-10,18H,1-2H3. The van der Waals surface area contributed by atoms with Gasteiger partial charge in [-0.2, -0.15) is 0 Å². The van der Waals surface area contributed by atoms with E-state index in [2.05, 4.69) is 0 Å². The molecule has 0 amide bonds. The Morgan fingerprint density at radius 2 is 1.53 bits per heavy atom. The first-order chi connectivity index (χ1) is 8.93. The van der Waals surface area contributed by atoms with Crippen LogP contribution in [-0.2, 0) is 16.1 Å². The molecule has 2 aromatic rings. The lowest BCUT2D eigenvalue weighted by atomic mass is 9.91. The molecule has 0 spiro atoms. The number of ether oxygens (including phenoxy) is 1. The molecule has 0 saturated carbocycles. The number of rotatable bonds is 1. The molecule has 0 radical (unpaired) electrons. The Hall–Kier alpha value is -1.35. The van der Waals surface area contributed by atoms with E-state index in [0.29, 0.717) is 10.6 Å². The van der Waals surface area contributed by atoms with E-state index in [4.69, 9.17) is 16.3 Å². The summed E-state index contributed by atoms with van der Waals surface area (Å²) in [6.45, 7) is 3.92. The van der Waals surface area contributed by atoms with Crippen molar-refractivity contribution in [1.82, 2.24) is 0 Å². The van der Waals surface area contributed by atoms with Crippen LogP contribution >= 0.6 is 11.6 Å². The van der Waals surface area contributed by atoms with Gasteiger partial charge < -0.3 is 9.84 Å². The Morgan fingerprint density at radius 1 is 0.947 bits per heavy atom. The number of hydrogen-bond acceptors (Lipinski definition) is 2. The maximum absolute atomic E-state index is 11.0. The normalized spacial score (nSPS) is 24.2. The molecular weight excluding hydrogens is 260 g/mol. The lowest BCUT2D eigenvalue weighted by Crippen LogP contribution is -2.30. The van der Waals surface area contributed by atoms with Gasteiger partial charge in [0.2, 0.25) is 5.79 Å². The van der Waals surface area contributed by atoms with Gasteiger partial charge in [0, 0.05) is 16.1 Å². The summed E-state index contributed by atoms with van der Waals surface area (Å²) in [7, 11) is 0. The first-order valence-corrected chi connectivity index (χ1v) is 6.60. The van der Waals surface area contributed by atoms with Gasteiger partial charge in [-0.1, -0.05) is 48.0 Å². The fourth-order valence-electron chi connectivity index (χ4n) is 2.67. The smallest absolute Gasteiger partial charge is 0.221 e. The summed E-state index contributed by atoms with van der Waals surface area (Å²) in [5, 5.41) is 11.6. The average molecular weight is 275 g/mol. The van der Waals surface area contributed by atoms with Gasteiger partial charge >= 0.3 is 0 Å². The molecule has 0 aromatic heterocycles. The van der Waals surface area contributed by atoms with Crippen LogP contribution in [0.5, 0.6) is 0 Å². The predicted molar refractivity (Wildman–Crippen MR) is 75.0 cm³/mol. The third kappa shape index (κ3) is 1.88. The highest BCUT2D eigenvalue weighted by molar-refractivity contribution is 6.30. The predicted octanol–water partition coefficient (Wildman–Crippen LogP) is 3.80. The lowest BCUT2D eigenvalue weighted by Gasteiger charge is -2.27. The molecule has 0 fully saturated rings. The van der Waals surface area contributed by atoms with E-state index >= 15 is 0 Å². The number of fused-ring (bicyclic) bond motifs is 1. The van der Waals surface area contributed by atoms with Gasteiger partial charge in [0.05, 0.1) is 5.60 Å². The number of halogens is 1. The van der Waals surface area contributed by atoms with E-state index in [1.165, 1.54) is 0 Å². The van der Waals surface area contributed by atoms with Gasteiger partial charge in [0.15, 0.2) is 0 Å². The Balaban J connectivity index is 2.19. The molecule has 3 rings (SSSR count). The molecule has 0 aliphatic carbocycles. The van der Waals surface area contributed by atoms with E-state index in [1.54, 1.807) is 24.3 Å². The van der Waals surface area contributed by atoms with Crippen LogP contribution in [0.4, 0.5) is 0 Å². The minimum absolute atomic E-state index is 0.523. The maximum atomic E-state index is 11.0. The van der Waals surface area contributed by atoms with Crippen LogP contribution in [0.15, 0.2) is 48.5 Å². The van der Waals surface area contributed by atoms with E-state index in [9.17, 15) is 5.11 Å². The quantitative estimate of drug-likeness (QED) is 0.857. The zero-order chi connectivity index (χ0) is 13.7. The number of benzene rings is 2. The molecule has 98 valence electrons. The lowest BCUT2D eigenvalue weighted by molar-refractivity contribution is -0.222.